The van der Waals surface area contributed by atoms with E-state index in [-0.39, 0.29) is 11.1 Å². The molecule has 1 atom stereocenters. The summed E-state index contributed by atoms with van der Waals surface area (Å²) in [6, 6.07) is 7.76. The minimum Gasteiger partial charge on any atom is -0.374 e. The normalized spacial score (nSPS) is 17.1. The average molecular weight is 386 g/mol. The predicted octanol–water partition coefficient (Wildman–Crippen LogP) is 3.50. The molecule has 0 spiro atoms. The van der Waals surface area contributed by atoms with Crippen molar-refractivity contribution in [3.63, 3.8) is 0 Å². The number of fused-ring (bicyclic) bond motifs is 1. The van der Waals surface area contributed by atoms with Crippen LogP contribution < -0.4 is 10.9 Å². The van der Waals surface area contributed by atoms with Gasteiger partial charge in [0.05, 0.1) is 10.9 Å². The second-order valence-corrected chi connectivity index (χ2v) is 8.02. The third-order valence-electron chi connectivity index (χ3n) is 5.81. The molecule has 6 heteroatoms. The molecule has 0 radical (unpaired) electrons. The Hall–Kier alpha value is -2.08. The van der Waals surface area contributed by atoms with Crippen LogP contribution in [0.1, 0.15) is 42.2 Å². The molecule has 1 aliphatic carbocycles. The fourth-order valence-corrected chi connectivity index (χ4v) is 4.67. The number of nitrogens with one attached hydrogen (secondary N) is 1. The van der Waals surface area contributed by atoms with Crippen molar-refractivity contribution in [2.75, 3.05) is 0 Å². The van der Waals surface area contributed by atoms with E-state index in [4.69, 9.17) is 11.6 Å². The molecule has 142 valence electrons. The van der Waals surface area contributed by atoms with Gasteiger partial charge in [0.2, 0.25) is 0 Å². The van der Waals surface area contributed by atoms with Crippen LogP contribution in [0.4, 0.5) is 0 Å². The van der Waals surface area contributed by atoms with Crippen molar-refractivity contribution in [1.29, 1.82) is 0 Å². The summed E-state index contributed by atoms with van der Waals surface area (Å²) in [7, 11) is 3.64. The molecule has 0 saturated heterocycles. The summed E-state index contributed by atoms with van der Waals surface area (Å²) in [4.78, 5) is 12.8. The molecule has 4 rings (SSSR count). The molecule has 27 heavy (non-hydrogen) atoms. The van der Waals surface area contributed by atoms with E-state index in [9.17, 15) is 9.90 Å². The lowest BCUT2D eigenvalue weighted by atomic mass is 9.71. The van der Waals surface area contributed by atoms with Gasteiger partial charge in [-0.3, -0.25) is 10.1 Å². The van der Waals surface area contributed by atoms with Crippen molar-refractivity contribution >= 4 is 22.5 Å². The second kappa shape index (κ2) is 6.51. The number of pyridine rings is 1. The summed E-state index contributed by atoms with van der Waals surface area (Å²) < 4.78 is 3.48. The van der Waals surface area contributed by atoms with Gasteiger partial charge in [0.15, 0.2) is 0 Å². The van der Waals surface area contributed by atoms with Gasteiger partial charge in [-0.25, -0.2) is 0 Å². The zero-order valence-electron chi connectivity index (χ0n) is 15.8. The number of aliphatic hydroxyl groups excluding tert-OH is 1. The molecule has 3 aromatic rings. The monoisotopic (exact) mass is 385 g/mol. The molecular formula is C21H24ClN3O2. The van der Waals surface area contributed by atoms with Crippen molar-refractivity contribution in [2.24, 2.45) is 14.1 Å². The maximum absolute atomic E-state index is 12.8. The first-order valence-electron chi connectivity index (χ1n) is 9.20. The Kier molecular flexibility index (Phi) is 4.41. The minimum atomic E-state index is -0.959. The highest BCUT2D eigenvalue weighted by Gasteiger charge is 2.41. The molecule has 2 heterocycles. The summed E-state index contributed by atoms with van der Waals surface area (Å²) in [5, 5.41) is 15.7. The highest BCUT2D eigenvalue weighted by atomic mass is 35.5. The molecule has 1 aromatic carbocycles. The Morgan fingerprint density at radius 3 is 2.52 bits per heavy atom. The molecule has 1 saturated carbocycles. The van der Waals surface area contributed by atoms with Crippen LogP contribution in [-0.2, 0) is 19.6 Å². The zero-order valence-corrected chi connectivity index (χ0v) is 16.5. The van der Waals surface area contributed by atoms with Crippen LogP contribution >= 0.6 is 11.6 Å². The van der Waals surface area contributed by atoms with E-state index >= 15 is 0 Å². The van der Waals surface area contributed by atoms with Gasteiger partial charge in [-0.05, 0) is 43.4 Å². The molecule has 2 N–H and O–H groups in total. The molecule has 1 fully saturated rings. The third-order valence-corrected chi connectivity index (χ3v) is 6.14. The van der Waals surface area contributed by atoms with E-state index in [1.807, 2.05) is 55.2 Å². The van der Waals surface area contributed by atoms with E-state index in [0.717, 1.165) is 35.9 Å². The third kappa shape index (κ3) is 2.81. The Morgan fingerprint density at radius 1 is 1.19 bits per heavy atom. The number of benzene rings is 1. The maximum Gasteiger partial charge on any atom is 0.260 e. The number of aliphatic hydroxyl groups is 1. The highest BCUT2D eigenvalue weighted by Crippen LogP contribution is 2.45. The van der Waals surface area contributed by atoms with Crippen LogP contribution in [0.3, 0.4) is 0 Å². The van der Waals surface area contributed by atoms with E-state index in [1.165, 1.54) is 0 Å². The van der Waals surface area contributed by atoms with Gasteiger partial charge in [0, 0.05) is 42.6 Å². The molecule has 5 nitrogen and oxygen atoms in total. The van der Waals surface area contributed by atoms with Gasteiger partial charge >= 0.3 is 0 Å². The number of aromatic nitrogens is 2. The Bertz CT molecular complexity index is 1080. The first-order chi connectivity index (χ1) is 12.8. The lowest BCUT2D eigenvalue weighted by Crippen LogP contribution is -2.49. The molecular weight excluding hydrogens is 362 g/mol. The summed E-state index contributed by atoms with van der Waals surface area (Å²) in [5.74, 6) is 0. The predicted molar refractivity (Wildman–Crippen MR) is 108 cm³/mol. The standard InChI is InChI=1S/C21H24ClN3O2/c1-13-11-25(3)20(27)17-14(12-24(2)18(13)17)19(26)23-21(9-6-10-21)15-7-4-5-8-16(15)22/h4-5,7-8,11-12,19,23,26H,6,9-10H2,1-3H3. The zero-order chi connectivity index (χ0) is 19.3. The van der Waals surface area contributed by atoms with Gasteiger partial charge in [-0.2, -0.15) is 0 Å². The number of hydrogen-bond donors (Lipinski definition) is 2. The molecule has 1 aliphatic rings. The smallest absolute Gasteiger partial charge is 0.260 e. The van der Waals surface area contributed by atoms with E-state index in [1.54, 1.807) is 11.6 Å². The fourth-order valence-electron chi connectivity index (χ4n) is 4.36. The van der Waals surface area contributed by atoms with Crippen LogP contribution in [-0.4, -0.2) is 14.2 Å². The Morgan fingerprint density at radius 2 is 1.89 bits per heavy atom. The van der Waals surface area contributed by atoms with Crippen LogP contribution in [0.25, 0.3) is 10.9 Å². The number of nitrogens with zero attached hydrogens (tertiary/aromatic N) is 2. The molecule has 0 amide bonds. The van der Waals surface area contributed by atoms with Gasteiger partial charge in [0.1, 0.15) is 6.23 Å². The molecule has 0 aliphatic heterocycles. The molecule has 0 bridgehead atoms. The Labute approximate surface area is 163 Å². The summed E-state index contributed by atoms with van der Waals surface area (Å²) in [6.07, 6.45) is 5.58. The lowest BCUT2D eigenvalue weighted by Gasteiger charge is -2.45. The second-order valence-electron chi connectivity index (χ2n) is 7.61. The van der Waals surface area contributed by atoms with E-state index in [0.29, 0.717) is 16.0 Å². The minimum absolute atomic E-state index is 0.104. The maximum atomic E-state index is 12.8. The van der Waals surface area contributed by atoms with Crippen LogP contribution in [0, 0.1) is 6.92 Å². The first kappa shape index (κ1) is 18.3. The van der Waals surface area contributed by atoms with Crippen molar-refractivity contribution in [3.8, 4) is 0 Å². The molecule has 1 unspecified atom stereocenters. The lowest BCUT2D eigenvalue weighted by molar-refractivity contribution is 0.0516. The van der Waals surface area contributed by atoms with Crippen molar-refractivity contribution < 1.29 is 5.11 Å². The van der Waals surface area contributed by atoms with Gasteiger partial charge in [-0.1, -0.05) is 29.8 Å². The quantitative estimate of drug-likeness (QED) is 0.676. The van der Waals surface area contributed by atoms with Crippen molar-refractivity contribution in [1.82, 2.24) is 14.5 Å². The fraction of sp³-hybridized carbons (Fsp3) is 0.381. The van der Waals surface area contributed by atoms with E-state index < -0.39 is 6.23 Å². The van der Waals surface area contributed by atoms with E-state index in [2.05, 4.69) is 5.32 Å². The number of aryl methyl sites for hydroxylation is 3. The highest BCUT2D eigenvalue weighted by molar-refractivity contribution is 6.31. The van der Waals surface area contributed by atoms with Gasteiger partial charge in [-0.15, -0.1) is 0 Å². The molecule has 2 aromatic heterocycles. The Balaban J connectivity index is 1.79. The SMILES string of the molecule is Cc1cn(C)c(=O)c2c(C(O)NC3(c4ccccc4Cl)CCC3)cn(C)c12. The largest absolute Gasteiger partial charge is 0.374 e. The van der Waals surface area contributed by atoms with Crippen molar-refractivity contribution in [2.45, 2.75) is 38.0 Å². The number of rotatable bonds is 4. The van der Waals surface area contributed by atoms with Gasteiger partial charge in [0.25, 0.3) is 5.56 Å². The summed E-state index contributed by atoms with van der Waals surface area (Å²) >= 11 is 6.44. The van der Waals surface area contributed by atoms with Crippen LogP contribution in [0.15, 0.2) is 41.5 Å². The summed E-state index contributed by atoms with van der Waals surface area (Å²) in [6.45, 7) is 1.97. The van der Waals surface area contributed by atoms with Crippen LogP contribution in [0.5, 0.6) is 0 Å². The summed E-state index contributed by atoms with van der Waals surface area (Å²) in [5.41, 5.74) is 2.99. The van der Waals surface area contributed by atoms with Crippen LogP contribution in [0.2, 0.25) is 5.02 Å². The first-order valence-corrected chi connectivity index (χ1v) is 9.58. The average Bonchev–Trinajstić information content (AvgIpc) is 2.95. The number of hydrogen-bond acceptors (Lipinski definition) is 3. The topological polar surface area (TPSA) is 59.2 Å². The van der Waals surface area contributed by atoms with Crippen molar-refractivity contribution in [3.05, 3.63) is 68.7 Å². The van der Waals surface area contributed by atoms with Gasteiger partial charge < -0.3 is 14.2 Å². The number of halogens is 1.